The molecule has 0 fully saturated rings. The van der Waals surface area contributed by atoms with Crippen molar-refractivity contribution in [3.63, 3.8) is 0 Å². The van der Waals surface area contributed by atoms with Crippen LogP contribution in [-0.4, -0.2) is 4.98 Å². The molecule has 5 heteroatoms. The molecule has 0 bridgehead atoms. The number of hydrogen-bond donors (Lipinski definition) is 0. The van der Waals surface area contributed by atoms with Crippen molar-refractivity contribution < 1.29 is 8.78 Å². The number of halogens is 4. The van der Waals surface area contributed by atoms with Crippen LogP contribution in [0.3, 0.4) is 0 Å². The molecule has 0 aromatic carbocycles. The average molecular weight is 301 g/mol. The number of alkyl halides is 3. The van der Waals surface area contributed by atoms with Crippen molar-refractivity contribution >= 4 is 31.9 Å². The normalized spacial score (nSPS) is 10.8. The van der Waals surface area contributed by atoms with Gasteiger partial charge in [-0.05, 0) is 27.6 Å². The first-order valence-electron chi connectivity index (χ1n) is 3.13. The Bertz CT molecular complexity index is 278. The molecule has 1 rings (SSSR count). The Kier molecular flexibility index (Phi) is 3.58. The summed E-state index contributed by atoms with van der Waals surface area (Å²) in [6.45, 7) is 0. The molecule has 0 aliphatic heterocycles. The van der Waals surface area contributed by atoms with E-state index in [4.69, 9.17) is 0 Å². The van der Waals surface area contributed by atoms with Crippen molar-refractivity contribution in [2.75, 3.05) is 0 Å². The van der Waals surface area contributed by atoms with Gasteiger partial charge in [-0.25, -0.2) is 8.78 Å². The van der Waals surface area contributed by atoms with Crippen molar-refractivity contribution in [1.29, 1.82) is 0 Å². The van der Waals surface area contributed by atoms with E-state index in [-0.39, 0.29) is 5.69 Å². The molecule has 1 aromatic rings. The number of rotatable bonds is 2. The van der Waals surface area contributed by atoms with Crippen molar-refractivity contribution in [2.45, 2.75) is 11.8 Å². The highest BCUT2D eigenvalue weighted by atomic mass is 79.9. The van der Waals surface area contributed by atoms with E-state index < -0.39 is 6.43 Å². The summed E-state index contributed by atoms with van der Waals surface area (Å²) in [6.07, 6.45) is -1.14. The predicted molar refractivity (Wildman–Crippen MR) is 49.5 cm³/mol. The lowest BCUT2D eigenvalue weighted by Gasteiger charge is -2.04. The molecule has 0 saturated heterocycles. The Morgan fingerprint density at radius 1 is 1.50 bits per heavy atom. The second kappa shape index (κ2) is 4.28. The van der Waals surface area contributed by atoms with Crippen LogP contribution in [0, 0.1) is 0 Å². The van der Waals surface area contributed by atoms with Gasteiger partial charge in [-0.2, -0.15) is 0 Å². The minimum atomic E-state index is -2.51. The van der Waals surface area contributed by atoms with Crippen molar-refractivity contribution in [2.24, 2.45) is 0 Å². The van der Waals surface area contributed by atoms with E-state index in [1.54, 1.807) is 6.07 Å². The van der Waals surface area contributed by atoms with E-state index in [2.05, 4.69) is 36.8 Å². The highest BCUT2D eigenvalue weighted by Crippen LogP contribution is 2.24. The third-order valence-electron chi connectivity index (χ3n) is 1.32. The van der Waals surface area contributed by atoms with Gasteiger partial charge in [-0.15, -0.1) is 0 Å². The lowest BCUT2D eigenvalue weighted by molar-refractivity contribution is 0.145. The number of pyridine rings is 1. The zero-order chi connectivity index (χ0) is 9.14. The number of nitrogens with zero attached hydrogens (tertiary/aromatic N) is 1. The predicted octanol–water partition coefficient (Wildman–Crippen LogP) is 3.68. The first kappa shape index (κ1) is 10.1. The summed E-state index contributed by atoms with van der Waals surface area (Å²) in [7, 11) is 0. The summed E-state index contributed by atoms with van der Waals surface area (Å²) >= 11 is 6.27. The molecule has 1 heterocycles. The van der Waals surface area contributed by atoms with E-state index >= 15 is 0 Å². The fourth-order valence-corrected chi connectivity index (χ4v) is 1.62. The second-order valence-corrected chi connectivity index (χ2v) is 3.61. The van der Waals surface area contributed by atoms with Gasteiger partial charge in [0, 0.05) is 16.0 Å². The summed E-state index contributed by atoms with van der Waals surface area (Å²) in [5.74, 6) is 0. The molecular weight excluding hydrogens is 296 g/mol. The van der Waals surface area contributed by atoms with E-state index in [9.17, 15) is 8.78 Å². The van der Waals surface area contributed by atoms with Crippen LogP contribution in [0.15, 0.2) is 16.7 Å². The Labute approximate surface area is 85.4 Å². The molecule has 0 N–H and O–H groups in total. The Morgan fingerprint density at radius 3 is 2.67 bits per heavy atom. The average Bonchev–Trinajstić information content (AvgIpc) is 2.03. The SMILES string of the molecule is FC(F)c1ncc(Br)cc1CBr. The lowest BCUT2D eigenvalue weighted by Crippen LogP contribution is -1.95. The fraction of sp³-hybridized carbons (Fsp3) is 0.286. The monoisotopic (exact) mass is 299 g/mol. The summed E-state index contributed by atoms with van der Waals surface area (Å²) < 4.78 is 25.2. The molecule has 0 unspecified atom stereocenters. The molecule has 0 saturated carbocycles. The first-order chi connectivity index (χ1) is 5.65. The van der Waals surface area contributed by atoms with Gasteiger partial charge in [-0.1, -0.05) is 15.9 Å². The largest absolute Gasteiger partial charge is 0.280 e. The molecule has 66 valence electrons. The van der Waals surface area contributed by atoms with Gasteiger partial charge < -0.3 is 0 Å². The Morgan fingerprint density at radius 2 is 2.17 bits per heavy atom. The van der Waals surface area contributed by atoms with E-state index in [1.807, 2.05) is 0 Å². The van der Waals surface area contributed by atoms with Crippen LogP contribution in [-0.2, 0) is 5.33 Å². The minimum absolute atomic E-state index is 0.157. The van der Waals surface area contributed by atoms with Crippen molar-refractivity contribution in [1.82, 2.24) is 4.98 Å². The fourth-order valence-electron chi connectivity index (χ4n) is 0.795. The number of hydrogen-bond acceptors (Lipinski definition) is 1. The zero-order valence-corrected chi connectivity index (χ0v) is 9.07. The summed E-state index contributed by atoms with van der Waals surface area (Å²) in [4.78, 5) is 3.62. The van der Waals surface area contributed by atoms with Crippen LogP contribution >= 0.6 is 31.9 Å². The zero-order valence-electron chi connectivity index (χ0n) is 5.90. The maximum atomic E-state index is 12.2. The minimum Gasteiger partial charge on any atom is -0.254 e. The van der Waals surface area contributed by atoms with E-state index in [1.165, 1.54) is 6.20 Å². The quantitative estimate of drug-likeness (QED) is 0.759. The highest BCUT2D eigenvalue weighted by Gasteiger charge is 2.13. The molecule has 0 aliphatic rings. The van der Waals surface area contributed by atoms with Crippen LogP contribution in [0.5, 0.6) is 0 Å². The van der Waals surface area contributed by atoms with Crippen molar-refractivity contribution in [3.8, 4) is 0 Å². The van der Waals surface area contributed by atoms with Crippen molar-refractivity contribution in [3.05, 3.63) is 28.0 Å². The first-order valence-corrected chi connectivity index (χ1v) is 5.05. The molecule has 0 aliphatic carbocycles. The molecular formula is C7H5Br2F2N. The summed E-state index contributed by atoms with van der Waals surface area (Å²) in [6, 6.07) is 1.63. The molecule has 0 spiro atoms. The van der Waals surface area contributed by atoms with Gasteiger partial charge in [0.2, 0.25) is 0 Å². The van der Waals surface area contributed by atoms with Crippen LogP contribution in [0.4, 0.5) is 8.78 Å². The van der Waals surface area contributed by atoms with Crippen LogP contribution < -0.4 is 0 Å². The highest BCUT2D eigenvalue weighted by molar-refractivity contribution is 9.10. The molecule has 1 nitrogen and oxygen atoms in total. The molecule has 0 radical (unpaired) electrons. The molecule has 1 aromatic heterocycles. The van der Waals surface area contributed by atoms with Gasteiger partial charge in [0.15, 0.2) is 0 Å². The van der Waals surface area contributed by atoms with Crippen LogP contribution in [0.25, 0.3) is 0 Å². The van der Waals surface area contributed by atoms with Gasteiger partial charge in [0.1, 0.15) is 5.69 Å². The Hall–Kier alpha value is -0.0300. The van der Waals surface area contributed by atoms with Gasteiger partial charge >= 0.3 is 0 Å². The molecule has 0 amide bonds. The van der Waals surface area contributed by atoms with Gasteiger partial charge in [0.25, 0.3) is 6.43 Å². The second-order valence-electron chi connectivity index (χ2n) is 2.13. The third kappa shape index (κ3) is 2.23. The topological polar surface area (TPSA) is 12.9 Å². The standard InChI is InChI=1S/C7H5Br2F2N/c8-2-4-1-5(9)3-12-6(4)7(10)11/h1,3,7H,2H2. The molecule has 0 atom stereocenters. The maximum Gasteiger partial charge on any atom is 0.280 e. The van der Waals surface area contributed by atoms with E-state index in [0.717, 1.165) is 0 Å². The summed E-state index contributed by atoms with van der Waals surface area (Å²) in [5, 5.41) is 0.388. The summed E-state index contributed by atoms with van der Waals surface area (Å²) in [5.41, 5.74) is 0.356. The smallest absolute Gasteiger partial charge is 0.254 e. The Balaban J connectivity index is 3.11. The maximum absolute atomic E-state index is 12.2. The van der Waals surface area contributed by atoms with Gasteiger partial charge in [0.05, 0.1) is 0 Å². The molecule has 12 heavy (non-hydrogen) atoms. The van der Waals surface area contributed by atoms with E-state index in [0.29, 0.717) is 15.4 Å². The van der Waals surface area contributed by atoms with Crippen LogP contribution in [0.1, 0.15) is 17.7 Å². The lowest BCUT2D eigenvalue weighted by atomic mass is 10.2. The van der Waals surface area contributed by atoms with Gasteiger partial charge in [-0.3, -0.25) is 4.98 Å². The third-order valence-corrected chi connectivity index (χ3v) is 2.36. The van der Waals surface area contributed by atoms with Crippen LogP contribution in [0.2, 0.25) is 0 Å². The number of aromatic nitrogens is 1.